The Balaban J connectivity index is 2.08. The van der Waals surface area contributed by atoms with Crippen LogP contribution in [0.1, 0.15) is 31.4 Å². The summed E-state index contributed by atoms with van der Waals surface area (Å²) in [7, 11) is 0. The van der Waals surface area contributed by atoms with Crippen molar-refractivity contribution in [1.29, 1.82) is 0 Å². The number of benzene rings is 1. The van der Waals surface area contributed by atoms with Gasteiger partial charge in [-0.3, -0.25) is 9.69 Å². The van der Waals surface area contributed by atoms with Crippen LogP contribution in [0.25, 0.3) is 0 Å². The lowest BCUT2D eigenvalue weighted by molar-refractivity contribution is -0.120. The van der Waals surface area contributed by atoms with Gasteiger partial charge in [0.1, 0.15) is 6.04 Å². The van der Waals surface area contributed by atoms with Crippen LogP contribution in [0.5, 0.6) is 0 Å². The zero-order valence-corrected chi connectivity index (χ0v) is 14.7. The normalized spacial score (nSPS) is 20.3. The van der Waals surface area contributed by atoms with Crippen molar-refractivity contribution in [2.24, 2.45) is 5.92 Å². The summed E-state index contributed by atoms with van der Waals surface area (Å²) < 4.78 is 5.21. The second-order valence-electron chi connectivity index (χ2n) is 6.84. The van der Waals surface area contributed by atoms with Crippen LogP contribution in [-0.2, 0) is 9.53 Å². The largest absolute Gasteiger partial charge is 0.449 e. The monoisotopic (exact) mass is 334 g/mol. The van der Waals surface area contributed by atoms with E-state index in [4.69, 9.17) is 4.74 Å². The van der Waals surface area contributed by atoms with Crippen molar-refractivity contribution in [3.8, 4) is 0 Å². The third-order valence-corrected chi connectivity index (χ3v) is 4.01. The number of aryl methyl sites for hydroxylation is 2. The van der Waals surface area contributed by atoms with Gasteiger partial charge < -0.3 is 15.2 Å². The van der Waals surface area contributed by atoms with Gasteiger partial charge in [-0.1, -0.05) is 26.0 Å². The molecule has 2 N–H and O–H groups in total. The van der Waals surface area contributed by atoms with Crippen molar-refractivity contribution >= 4 is 17.7 Å². The van der Waals surface area contributed by atoms with Gasteiger partial charge in [-0.05, 0) is 37.0 Å². The SMILES string of the molecule is Cc1ccc(C)c(NC(=O)C2CC(O)CN2C(=O)OCC(C)C)c1. The van der Waals surface area contributed by atoms with E-state index >= 15 is 0 Å². The highest BCUT2D eigenvalue weighted by atomic mass is 16.6. The molecular formula is C18H26N2O4. The second kappa shape index (κ2) is 7.66. The first-order valence-electron chi connectivity index (χ1n) is 8.27. The maximum absolute atomic E-state index is 12.6. The molecule has 1 fully saturated rings. The Morgan fingerprint density at radius 2 is 2.08 bits per heavy atom. The van der Waals surface area contributed by atoms with Gasteiger partial charge in [0.15, 0.2) is 0 Å². The van der Waals surface area contributed by atoms with Crippen LogP contribution in [0, 0.1) is 19.8 Å². The summed E-state index contributed by atoms with van der Waals surface area (Å²) in [6.45, 7) is 8.14. The summed E-state index contributed by atoms with van der Waals surface area (Å²) in [4.78, 5) is 26.1. The van der Waals surface area contributed by atoms with Gasteiger partial charge >= 0.3 is 6.09 Å². The number of ether oxygens (including phenoxy) is 1. The number of likely N-dealkylation sites (tertiary alicyclic amines) is 1. The Bertz CT molecular complexity index is 615. The smallest absolute Gasteiger partial charge is 0.410 e. The highest BCUT2D eigenvalue weighted by Crippen LogP contribution is 2.23. The van der Waals surface area contributed by atoms with E-state index in [1.165, 1.54) is 4.90 Å². The first kappa shape index (κ1) is 18.3. The molecule has 24 heavy (non-hydrogen) atoms. The second-order valence-corrected chi connectivity index (χ2v) is 6.84. The van der Waals surface area contributed by atoms with Gasteiger partial charge in [-0.25, -0.2) is 4.79 Å². The molecule has 0 aromatic heterocycles. The fraction of sp³-hybridized carbons (Fsp3) is 0.556. The summed E-state index contributed by atoms with van der Waals surface area (Å²) >= 11 is 0. The zero-order valence-electron chi connectivity index (χ0n) is 14.7. The van der Waals surface area contributed by atoms with Gasteiger partial charge in [0.05, 0.1) is 19.3 Å². The predicted octanol–water partition coefficient (Wildman–Crippen LogP) is 2.47. The van der Waals surface area contributed by atoms with Crippen molar-refractivity contribution < 1.29 is 19.4 Å². The van der Waals surface area contributed by atoms with Crippen LogP contribution in [0.15, 0.2) is 18.2 Å². The highest BCUT2D eigenvalue weighted by Gasteiger charge is 2.40. The molecule has 0 saturated carbocycles. The zero-order chi connectivity index (χ0) is 17.9. The molecule has 0 spiro atoms. The third-order valence-electron chi connectivity index (χ3n) is 4.01. The summed E-state index contributed by atoms with van der Waals surface area (Å²) in [6, 6.07) is 5.07. The minimum Gasteiger partial charge on any atom is -0.449 e. The molecule has 2 rings (SSSR count). The van der Waals surface area contributed by atoms with Gasteiger partial charge in [0, 0.05) is 12.1 Å². The number of carbonyl (C=O) groups is 2. The van der Waals surface area contributed by atoms with E-state index in [1.54, 1.807) is 0 Å². The molecule has 0 bridgehead atoms. The number of β-amino-alcohol motifs (C(OH)–C–C–N with tert-alkyl or cyclic N) is 1. The molecule has 0 aliphatic carbocycles. The molecule has 1 aromatic carbocycles. The van der Waals surface area contributed by atoms with Crippen molar-refractivity contribution in [2.45, 2.75) is 46.3 Å². The molecule has 6 heteroatoms. The molecule has 2 amide bonds. The maximum Gasteiger partial charge on any atom is 0.410 e. The lowest BCUT2D eigenvalue weighted by atomic mass is 10.1. The van der Waals surface area contributed by atoms with Crippen LogP contribution in [-0.4, -0.2) is 47.3 Å². The summed E-state index contributed by atoms with van der Waals surface area (Å²) in [5, 5.41) is 12.7. The first-order chi connectivity index (χ1) is 11.3. The fourth-order valence-corrected chi connectivity index (χ4v) is 2.67. The lowest BCUT2D eigenvalue weighted by Crippen LogP contribution is -2.43. The van der Waals surface area contributed by atoms with E-state index in [9.17, 15) is 14.7 Å². The molecule has 1 aliphatic rings. The number of aliphatic hydroxyl groups is 1. The number of carbonyl (C=O) groups excluding carboxylic acids is 2. The number of rotatable bonds is 4. The van der Waals surface area contributed by atoms with Gasteiger partial charge in [-0.2, -0.15) is 0 Å². The fourth-order valence-electron chi connectivity index (χ4n) is 2.67. The minimum atomic E-state index is -0.723. The molecule has 1 heterocycles. The van der Waals surface area contributed by atoms with Gasteiger partial charge in [0.2, 0.25) is 5.91 Å². The van der Waals surface area contributed by atoms with E-state index in [1.807, 2.05) is 45.9 Å². The van der Waals surface area contributed by atoms with Crippen molar-refractivity contribution in [3.63, 3.8) is 0 Å². The topological polar surface area (TPSA) is 78.9 Å². The maximum atomic E-state index is 12.6. The minimum absolute atomic E-state index is 0.113. The Kier molecular flexibility index (Phi) is 5.83. The Hall–Kier alpha value is -2.08. The van der Waals surface area contributed by atoms with Gasteiger partial charge in [-0.15, -0.1) is 0 Å². The summed E-state index contributed by atoms with van der Waals surface area (Å²) in [5.41, 5.74) is 2.70. The van der Waals surface area contributed by atoms with E-state index in [0.29, 0.717) is 0 Å². The summed E-state index contributed by atoms with van der Waals surface area (Å²) in [6.07, 6.45) is -1.06. The number of hydrogen-bond acceptors (Lipinski definition) is 4. The van der Waals surface area contributed by atoms with Crippen molar-refractivity contribution in [2.75, 3.05) is 18.5 Å². The lowest BCUT2D eigenvalue weighted by Gasteiger charge is -2.24. The molecule has 1 saturated heterocycles. The molecule has 1 aromatic rings. The number of amides is 2. The van der Waals surface area contributed by atoms with E-state index in [0.717, 1.165) is 16.8 Å². The van der Waals surface area contributed by atoms with E-state index in [2.05, 4.69) is 5.32 Å². The average molecular weight is 334 g/mol. The molecular weight excluding hydrogens is 308 g/mol. The van der Waals surface area contributed by atoms with Crippen LogP contribution in [0.4, 0.5) is 10.5 Å². The summed E-state index contributed by atoms with van der Waals surface area (Å²) in [5.74, 6) is -0.0922. The predicted molar refractivity (Wildman–Crippen MR) is 91.8 cm³/mol. The standard InChI is InChI=1S/C18H26N2O4/c1-11(2)10-24-18(23)20-9-14(21)8-16(20)17(22)19-15-7-12(3)5-6-13(15)4/h5-7,11,14,16,21H,8-10H2,1-4H3,(H,19,22). The van der Waals surface area contributed by atoms with Crippen LogP contribution < -0.4 is 5.32 Å². The van der Waals surface area contributed by atoms with Crippen LogP contribution in [0.2, 0.25) is 0 Å². The quantitative estimate of drug-likeness (QED) is 0.886. The molecule has 2 atom stereocenters. The average Bonchev–Trinajstić information content (AvgIpc) is 2.90. The van der Waals surface area contributed by atoms with E-state index < -0.39 is 18.2 Å². The Morgan fingerprint density at radius 3 is 2.75 bits per heavy atom. The van der Waals surface area contributed by atoms with Crippen LogP contribution >= 0.6 is 0 Å². The van der Waals surface area contributed by atoms with Crippen molar-refractivity contribution in [1.82, 2.24) is 4.90 Å². The number of nitrogens with zero attached hydrogens (tertiary/aromatic N) is 1. The Morgan fingerprint density at radius 1 is 1.38 bits per heavy atom. The highest BCUT2D eigenvalue weighted by molar-refractivity contribution is 5.97. The molecule has 132 valence electrons. The molecule has 0 radical (unpaired) electrons. The van der Waals surface area contributed by atoms with Crippen LogP contribution in [0.3, 0.4) is 0 Å². The number of aliphatic hydroxyl groups excluding tert-OH is 1. The number of hydrogen-bond donors (Lipinski definition) is 2. The number of anilines is 1. The Labute approximate surface area is 142 Å². The van der Waals surface area contributed by atoms with Gasteiger partial charge in [0.25, 0.3) is 0 Å². The third kappa shape index (κ3) is 4.47. The molecule has 2 unspecified atom stereocenters. The molecule has 6 nitrogen and oxygen atoms in total. The number of nitrogens with one attached hydrogen (secondary N) is 1. The van der Waals surface area contributed by atoms with Crippen molar-refractivity contribution in [3.05, 3.63) is 29.3 Å². The first-order valence-corrected chi connectivity index (χ1v) is 8.27. The van der Waals surface area contributed by atoms with E-state index in [-0.39, 0.29) is 31.4 Å². The molecule has 1 aliphatic heterocycles.